The molecule has 1 atom stereocenters. The van der Waals surface area contributed by atoms with Gasteiger partial charge in [-0.25, -0.2) is 4.79 Å². The van der Waals surface area contributed by atoms with Gasteiger partial charge >= 0.3 is 6.03 Å². The molecule has 2 heterocycles. The van der Waals surface area contributed by atoms with Gasteiger partial charge in [0, 0.05) is 26.7 Å². The van der Waals surface area contributed by atoms with E-state index in [4.69, 9.17) is 4.74 Å². The minimum Gasteiger partial charge on any atom is -0.379 e. The Morgan fingerprint density at radius 1 is 1.19 bits per heavy atom. The highest BCUT2D eigenvalue weighted by Gasteiger charge is 2.51. The van der Waals surface area contributed by atoms with Gasteiger partial charge in [0.1, 0.15) is 0 Å². The summed E-state index contributed by atoms with van der Waals surface area (Å²) in [6, 6.07) is 9.09. The fraction of sp³-hybridized carbons (Fsp3) is 0.467. The Morgan fingerprint density at radius 3 is 2.43 bits per heavy atom. The first-order valence-corrected chi connectivity index (χ1v) is 7.09. The van der Waals surface area contributed by atoms with Crippen LogP contribution in [0.25, 0.3) is 0 Å². The molecule has 2 aliphatic heterocycles. The Bertz CT molecular complexity index is 542. The predicted molar refractivity (Wildman–Crippen MR) is 76.7 cm³/mol. The molecule has 6 heteroatoms. The van der Waals surface area contributed by atoms with Crippen LogP contribution in [0.3, 0.4) is 0 Å². The molecule has 0 radical (unpaired) electrons. The maximum atomic E-state index is 12.7. The number of urea groups is 1. The van der Waals surface area contributed by atoms with E-state index in [1.54, 1.807) is 0 Å². The van der Waals surface area contributed by atoms with Gasteiger partial charge < -0.3 is 10.1 Å². The number of nitrogens with zero attached hydrogens (tertiary/aromatic N) is 2. The zero-order chi connectivity index (χ0) is 14.9. The van der Waals surface area contributed by atoms with Crippen LogP contribution >= 0.6 is 0 Å². The molecule has 0 bridgehead atoms. The molecule has 2 saturated heterocycles. The summed E-state index contributed by atoms with van der Waals surface area (Å²) in [6.45, 7) is 3.31. The van der Waals surface area contributed by atoms with Crippen molar-refractivity contribution in [1.29, 1.82) is 0 Å². The Morgan fingerprint density at radius 2 is 1.86 bits per heavy atom. The van der Waals surface area contributed by atoms with E-state index >= 15 is 0 Å². The number of carbonyl (C=O) groups is 2. The lowest BCUT2D eigenvalue weighted by molar-refractivity contribution is -0.132. The number of likely N-dealkylation sites (N-methyl/N-ethyl adjacent to an activating group) is 1. The van der Waals surface area contributed by atoms with Crippen molar-refractivity contribution in [2.45, 2.75) is 5.54 Å². The molecule has 0 saturated carbocycles. The van der Waals surface area contributed by atoms with Crippen molar-refractivity contribution in [2.75, 3.05) is 39.9 Å². The van der Waals surface area contributed by atoms with Gasteiger partial charge in [0.05, 0.1) is 13.2 Å². The summed E-state index contributed by atoms with van der Waals surface area (Å²) in [6.07, 6.45) is 0. The highest BCUT2D eigenvalue weighted by atomic mass is 16.5. The third-order valence-corrected chi connectivity index (χ3v) is 4.13. The van der Waals surface area contributed by atoms with Gasteiger partial charge in [-0.2, -0.15) is 0 Å². The molecule has 1 N–H and O–H groups in total. The second-order valence-corrected chi connectivity index (χ2v) is 5.45. The van der Waals surface area contributed by atoms with Crippen LogP contribution in [0.1, 0.15) is 5.56 Å². The lowest BCUT2D eigenvalue weighted by atomic mass is 9.89. The summed E-state index contributed by atoms with van der Waals surface area (Å²) in [5.41, 5.74) is -0.177. The third-order valence-electron chi connectivity index (χ3n) is 4.13. The SMILES string of the molecule is CN1C(=O)N[C@@](CN2CCOCC2)(c2ccccc2)C1=O. The van der Waals surface area contributed by atoms with Gasteiger partial charge in [-0.05, 0) is 5.56 Å². The maximum Gasteiger partial charge on any atom is 0.325 e. The number of hydrogen-bond acceptors (Lipinski definition) is 4. The Balaban J connectivity index is 1.95. The smallest absolute Gasteiger partial charge is 0.325 e. The molecule has 0 aromatic heterocycles. The van der Waals surface area contributed by atoms with E-state index < -0.39 is 5.54 Å². The number of amides is 3. The van der Waals surface area contributed by atoms with Crippen molar-refractivity contribution in [1.82, 2.24) is 15.1 Å². The maximum absolute atomic E-state index is 12.7. The fourth-order valence-corrected chi connectivity index (χ4v) is 2.91. The number of imide groups is 1. The van der Waals surface area contributed by atoms with E-state index in [2.05, 4.69) is 10.2 Å². The summed E-state index contributed by atoms with van der Waals surface area (Å²) >= 11 is 0. The number of benzene rings is 1. The monoisotopic (exact) mass is 289 g/mol. The quantitative estimate of drug-likeness (QED) is 0.818. The number of ether oxygens (including phenoxy) is 1. The zero-order valence-electron chi connectivity index (χ0n) is 12.0. The summed E-state index contributed by atoms with van der Waals surface area (Å²) in [5.74, 6) is -0.204. The van der Waals surface area contributed by atoms with Crippen molar-refractivity contribution in [3.05, 3.63) is 35.9 Å². The van der Waals surface area contributed by atoms with Gasteiger partial charge in [-0.1, -0.05) is 30.3 Å². The summed E-state index contributed by atoms with van der Waals surface area (Å²) < 4.78 is 5.35. The van der Waals surface area contributed by atoms with E-state index in [-0.39, 0.29) is 11.9 Å². The number of carbonyl (C=O) groups excluding carboxylic acids is 2. The second kappa shape index (κ2) is 5.46. The molecule has 1 aromatic carbocycles. The van der Waals surface area contributed by atoms with E-state index in [0.29, 0.717) is 19.8 Å². The average molecular weight is 289 g/mol. The van der Waals surface area contributed by atoms with Crippen molar-refractivity contribution >= 4 is 11.9 Å². The summed E-state index contributed by atoms with van der Waals surface area (Å²) in [5, 5.41) is 2.89. The van der Waals surface area contributed by atoms with Crippen LogP contribution in [0.15, 0.2) is 30.3 Å². The highest BCUT2D eigenvalue weighted by Crippen LogP contribution is 2.29. The molecule has 3 amide bonds. The molecule has 3 rings (SSSR count). The predicted octanol–water partition coefficient (Wildman–Crippen LogP) is 0.396. The number of nitrogens with one attached hydrogen (secondary N) is 1. The molecule has 0 unspecified atom stereocenters. The molecule has 2 fully saturated rings. The van der Waals surface area contributed by atoms with E-state index in [9.17, 15) is 9.59 Å². The average Bonchev–Trinajstić information content (AvgIpc) is 2.74. The van der Waals surface area contributed by atoms with Crippen molar-refractivity contribution in [2.24, 2.45) is 0 Å². The van der Waals surface area contributed by atoms with Crippen LogP contribution in [-0.2, 0) is 15.1 Å². The first kappa shape index (κ1) is 14.0. The van der Waals surface area contributed by atoms with Crippen LogP contribution in [-0.4, -0.2) is 61.6 Å². The van der Waals surface area contributed by atoms with E-state index in [0.717, 1.165) is 23.6 Å². The molecule has 112 valence electrons. The Labute approximate surface area is 123 Å². The van der Waals surface area contributed by atoms with Crippen molar-refractivity contribution < 1.29 is 14.3 Å². The first-order chi connectivity index (χ1) is 10.1. The van der Waals surface area contributed by atoms with Crippen LogP contribution in [0.4, 0.5) is 4.79 Å². The fourth-order valence-electron chi connectivity index (χ4n) is 2.91. The molecular formula is C15H19N3O3. The van der Waals surface area contributed by atoms with Crippen LogP contribution in [0.5, 0.6) is 0 Å². The zero-order valence-corrected chi connectivity index (χ0v) is 12.0. The number of morpholine rings is 1. The Hall–Kier alpha value is -1.92. The van der Waals surface area contributed by atoms with Gasteiger partial charge in [0.2, 0.25) is 0 Å². The first-order valence-electron chi connectivity index (χ1n) is 7.09. The lowest BCUT2D eigenvalue weighted by Gasteiger charge is -2.35. The van der Waals surface area contributed by atoms with Crippen molar-refractivity contribution in [3.8, 4) is 0 Å². The number of hydrogen-bond donors (Lipinski definition) is 1. The normalized spacial score (nSPS) is 27.0. The van der Waals surface area contributed by atoms with Crippen molar-refractivity contribution in [3.63, 3.8) is 0 Å². The third kappa shape index (κ3) is 2.41. The van der Waals surface area contributed by atoms with Gasteiger partial charge in [-0.3, -0.25) is 14.6 Å². The highest BCUT2D eigenvalue weighted by molar-refractivity contribution is 6.07. The summed E-state index contributed by atoms with van der Waals surface area (Å²) in [7, 11) is 1.52. The molecule has 21 heavy (non-hydrogen) atoms. The standard InChI is InChI=1S/C15H19N3O3/c1-17-13(19)15(16-14(17)20,12-5-3-2-4-6-12)11-18-7-9-21-10-8-18/h2-6H,7-11H2,1H3,(H,16,20)/t15-/m0/s1. The molecule has 1 aromatic rings. The van der Waals surface area contributed by atoms with E-state index in [1.165, 1.54) is 7.05 Å². The molecule has 0 spiro atoms. The van der Waals surface area contributed by atoms with Gasteiger partial charge in [0.25, 0.3) is 5.91 Å². The second-order valence-electron chi connectivity index (χ2n) is 5.45. The topological polar surface area (TPSA) is 61.9 Å². The summed E-state index contributed by atoms with van der Waals surface area (Å²) in [4.78, 5) is 28.0. The van der Waals surface area contributed by atoms with Crippen LogP contribution < -0.4 is 5.32 Å². The van der Waals surface area contributed by atoms with Gasteiger partial charge in [-0.15, -0.1) is 0 Å². The van der Waals surface area contributed by atoms with Crippen LogP contribution in [0.2, 0.25) is 0 Å². The molecule has 0 aliphatic carbocycles. The minimum atomic E-state index is -0.996. The minimum absolute atomic E-state index is 0.204. The Kier molecular flexibility index (Phi) is 3.65. The largest absolute Gasteiger partial charge is 0.379 e. The number of rotatable bonds is 3. The van der Waals surface area contributed by atoms with Gasteiger partial charge in [0.15, 0.2) is 5.54 Å². The van der Waals surface area contributed by atoms with Crippen LogP contribution in [0, 0.1) is 0 Å². The van der Waals surface area contributed by atoms with E-state index in [1.807, 2.05) is 30.3 Å². The molecule has 6 nitrogen and oxygen atoms in total. The molecular weight excluding hydrogens is 270 g/mol. The lowest BCUT2D eigenvalue weighted by Crippen LogP contribution is -2.54. The molecule has 2 aliphatic rings.